The molecule has 3 rings (SSSR count). The molecule has 0 atom stereocenters. The van der Waals surface area contributed by atoms with Gasteiger partial charge in [-0.3, -0.25) is 4.79 Å². The second kappa shape index (κ2) is 8.84. The van der Waals surface area contributed by atoms with Gasteiger partial charge in [0.15, 0.2) is 5.78 Å². The molecule has 1 aromatic heterocycles. The van der Waals surface area contributed by atoms with Crippen molar-refractivity contribution in [3.63, 3.8) is 0 Å². The molecule has 29 heavy (non-hydrogen) atoms. The number of allylic oxidation sites excluding steroid dienone is 2. The molecule has 0 saturated carbocycles. The average molecular weight is 391 g/mol. The Morgan fingerprint density at radius 1 is 0.966 bits per heavy atom. The Morgan fingerprint density at radius 2 is 1.66 bits per heavy atom. The second-order valence-corrected chi connectivity index (χ2v) is 6.34. The number of benzene rings is 2. The molecular weight excluding hydrogens is 373 g/mol. The van der Waals surface area contributed by atoms with Gasteiger partial charge in [0, 0.05) is 24.5 Å². The first-order valence-electron chi connectivity index (χ1n) is 8.78. The lowest BCUT2D eigenvalue weighted by Gasteiger charge is -2.06. The third-order valence-electron chi connectivity index (χ3n) is 4.22. The number of carbonyl (C=O) groups is 2. The molecule has 3 aromatic rings. The van der Waals surface area contributed by atoms with Gasteiger partial charge in [-0.2, -0.15) is 0 Å². The van der Waals surface area contributed by atoms with Gasteiger partial charge in [-0.15, -0.1) is 0 Å². The number of hydrogen-bond donors (Lipinski definition) is 2. The molecule has 0 bridgehead atoms. The van der Waals surface area contributed by atoms with Crippen LogP contribution < -0.4 is 0 Å². The number of carbonyl (C=O) groups excluding carboxylic acids is 1. The summed E-state index contributed by atoms with van der Waals surface area (Å²) < 4.78 is 15.1. The van der Waals surface area contributed by atoms with Crippen LogP contribution in [0.25, 0.3) is 17.2 Å². The minimum absolute atomic E-state index is 0.318. The number of aliphatic hydroxyl groups excluding tert-OH is 1. The van der Waals surface area contributed by atoms with Gasteiger partial charge in [0.05, 0.1) is 0 Å². The lowest BCUT2D eigenvalue weighted by molar-refractivity contribution is -0.135. The molecule has 0 aliphatic heterocycles. The normalized spacial score (nSPS) is 11.7. The number of hydrogen-bond acceptors (Lipinski definition) is 3. The van der Waals surface area contributed by atoms with Crippen molar-refractivity contribution in [2.75, 3.05) is 0 Å². The van der Waals surface area contributed by atoms with Gasteiger partial charge in [0.1, 0.15) is 5.82 Å². The van der Waals surface area contributed by atoms with Gasteiger partial charge in [-0.25, -0.2) is 9.18 Å². The van der Waals surface area contributed by atoms with Gasteiger partial charge in [0.2, 0.25) is 5.76 Å². The summed E-state index contributed by atoms with van der Waals surface area (Å²) in [6.07, 6.45) is 5.30. The maximum atomic E-state index is 13.2. The van der Waals surface area contributed by atoms with Crippen molar-refractivity contribution in [2.24, 2.45) is 0 Å². The summed E-state index contributed by atoms with van der Waals surface area (Å²) in [6.45, 7) is 0.456. The molecule has 5 nitrogen and oxygen atoms in total. The lowest BCUT2D eigenvalue weighted by atomic mass is 10.1. The topological polar surface area (TPSA) is 79.5 Å². The van der Waals surface area contributed by atoms with Crippen molar-refractivity contribution in [3.05, 3.63) is 102 Å². The standard InChI is InChI=1S/C23H18FNO4/c24-19-8-6-16(7-9-19)14-25-15-18(17-4-2-1-3-5-17)12-20(25)10-11-21(26)13-22(27)23(28)29/h1-13,15,27H,14H2,(H,28,29)/b11-10+,22-13-. The lowest BCUT2D eigenvalue weighted by Crippen LogP contribution is -2.02. The van der Waals surface area contributed by atoms with Crippen LogP contribution in [0.2, 0.25) is 0 Å². The Balaban J connectivity index is 1.93. The third-order valence-corrected chi connectivity index (χ3v) is 4.22. The highest BCUT2D eigenvalue weighted by atomic mass is 19.1. The van der Waals surface area contributed by atoms with Crippen LogP contribution in [0.3, 0.4) is 0 Å². The van der Waals surface area contributed by atoms with E-state index in [-0.39, 0.29) is 5.82 Å². The number of nitrogens with zero attached hydrogens (tertiary/aromatic N) is 1. The number of ketones is 1. The number of halogens is 1. The van der Waals surface area contributed by atoms with Crippen LogP contribution in [0.1, 0.15) is 11.3 Å². The van der Waals surface area contributed by atoms with E-state index in [1.807, 2.05) is 47.2 Å². The number of carboxylic acid groups (broad SMARTS) is 1. The summed E-state index contributed by atoms with van der Waals surface area (Å²) in [5.74, 6) is -3.56. The molecule has 0 radical (unpaired) electrons. The SMILES string of the molecule is O=C(/C=C(\O)C(=O)O)/C=C/c1cc(-c2ccccc2)cn1Cc1ccc(F)cc1. The quantitative estimate of drug-likeness (QED) is 0.461. The Morgan fingerprint density at radius 3 is 2.31 bits per heavy atom. The molecule has 0 amide bonds. The van der Waals surface area contributed by atoms with E-state index in [1.54, 1.807) is 18.2 Å². The fraction of sp³-hybridized carbons (Fsp3) is 0.0435. The number of aliphatic carboxylic acids is 1. The van der Waals surface area contributed by atoms with Gasteiger partial charge >= 0.3 is 5.97 Å². The first-order valence-corrected chi connectivity index (χ1v) is 8.78. The second-order valence-electron chi connectivity index (χ2n) is 6.34. The van der Waals surface area contributed by atoms with Crippen molar-refractivity contribution in [1.29, 1.82) is 0 Å². The molecule has 0 unspecified atom stereocenters. The highest BCUT2D eigenvalue weighted by Gasteiger charge is 2.08. The van der Waals surface area contributed by atoms with Crippen molar-refractivity contribution < 1.29 is 24.2 Å². The highest BCUT2D eigenvalue weighted by molar-refractivity contribution is 6.05. The number of aromatic nitrogens is 1. The Labute approximate surface area is 166 Å². The average Bonchev–Trinajstić information content (AvgIpc) is 3.11. The first kappa shape index (κ1) is 19.8. The third kappa shape index (κ3) is 5.29. The summed E-state index contributed by atoms with van der Waals surface area (Å²) >= 11 is 0. The Kier molecular flexibility index (Phi) is 6.04. The smallest absolute Gasteiger partial charge is 0.371 e. The van der Waals surface area contributed by atoms with E-state index in [1.165, 1.54) is 18.2 Å². The van der Waals surface area contributed by atoms with Crippen LogP contribution in [-0.2, 0) is 16.1 Å². The van der Waals surface area contributed by atoms with Crippen molar-refractivity contribution in [2.45, 2.75) is 6.54 Å². The van der Waals surface area contributed by atoms with Gasteiger partial charge < -0.3 is 14.8 Å². The van der Waals surface area contributed by atoms with Gasteiger partial charge in [0.25, 0.3) is 0 Å². The summed E-state index contributed by atoms with van der Waals surface area (Å²) in [5, 5.41) is 17.8. The summed E-state index contributed by atoms with van der Waals surface area (Å²) in [7, 11) is 0. The van der Waals surface area contributed by atoms with Crippen LogP contribution in [0, 0.1) is 5.82 Å². The fourth-order valence-corrected chi connectivity index (χ4v) is 2.79. The molecular formula is C23H18FNO4. The monoisotopic (exact) mass is 391 g/mol. The number of rotatable bonds is 7. The van der Waals surface area contributed by atoms with E-state index in [2.05, 4.69) is 0 Å². The first-order chi connectivity index (χ1) is 13.9. The van der Waals surface area contributed by atoms with E-state index in [9.17, 15) is 19.1 Å². The zero-order valence-corrected chi connectivity index (χ0v) is 15.3. The van der Waals surface area contributed by atoms with Gasteiger partial charge in [-0.05, 0) is 47.0 Å². The van der Waals surface area contributed by atoms with Gasteiger partial charge in [-0.1, -0.05) is 42.5 Å². The van der Waals surface area contributed by atoms with Crippen LogP contribution in [0.15, 0.2) is 84.8 Å². The zero-order valence-electron chi connectivity index (χ0n) is 15.3. The zero-order chi connectivity index (χ0) is 20.8. The molecule has 0 saturated heterocycles. The molecule has 146 valence electrons. The van der Waals surface area contributed by atoms with E-state index >= 15 is 0 Å². The molecule has 0 spiro atoms. The molecule has 0 fully saturated rings. The minimum atomic E-state index is -1.57. The van der Waals surface area contributed by atoms with E-state index in [0.717, 1.165) is 16.7 Å². The molecule has 6 heteroatoms. The van der Waals surface area contributed by atoms with Crippen LogP contribution >= 0.6 is 0 Å². The van der Waals surface area contributed by atoms with E-state index in [4.69, 9.17) is 5.11 Å². The Hall–Kier alpha value is -3.93. The Bertz CT molecular complexity index is 1080. The summed E-state index contributed by atoms with van der Waals surface area (Å²) in [6, 6.07) is 17.7. The molecule has 2 aromatic carbocycles. The molecule has 2 N–H and O–H groups in total. The van der Waals surface area contributed by atoms with Crippen LogP contribution in [-0.4, -0.2) is 26.5 Å². The largest absolute Gasteiger partial charge is 0.502 e. The van der Waals surface area contributed by atoms with Crippen molar-refractivity contribution in [1.82, 2.24) is 4.57 Å². The van der Waals surface area contributed by atoms with Crippen LogP contribution in [0.4, 0.5) is 4.39 Å². The number of carboxylic acids is 1. The van der Waals surface area contributed by atoms with Crippen molar-refractivity contribution >= 4 is 17.8 Å². The number of aliphatic hydroxyl groups is 1. The predicted molar refractivity (Wildman–Crippen MR) is 108 cm³/mol. The van der Waals surface area contributed by atoms with E-state index < -0.39 is 17.5 Å². The molecule has 0 aliphatic rings. The molecule has 1 heterocycles. The maximum Gasteiger partial charge on any atom is 0.371 e. The van der Waals surface area contributed by atoms with Crippen molar-refractivity contribution in [3.8, 4) is 11.1 Å². The van der Waals surface area contributed by atoms with E-state index in [0.29, 0.717) is 18.3 Å². The summed E-state index contributed by atoms with van der Waals surface area (Å²) in [4.78, 5) is 22.5. The minimum Gasteiger partial charge on any atom is -0.502 e. The fourth-order valence-electron chi connectivity index (χ4n) is 2.79. The summed E-state index contributed by atoms with van der Waals surface area (Å²) in [5.41, 5.74) is 3.51. The van der Waals surface area contributed by atoms with Crippen LogP contribution in [0.5, 0.6) is 0 Å². The predicted octanol–water partition coefficient (Wildman–Crippen LogP) is 4.45. The highest BCUT2D eigenvalue weighted by Crippen LogP contribution is 2.24. The molecule has 0 aliphatic carbocycles. The maximum absolute atomic E-state index is 13.2.